The van der Waals surface area contributed by atoms with Gasteiger partial charge >= 0.3 is 0 Å². The maximum absolute atomic E-state index is 12.2. The molecule has 0 bridgehead atoms. The van der Waals surface area contributed by atoms with Crippen molar-refractivity contribution in [3.05, 3.63) is 47.5 Å². The van der Waals surface area contributed by atoms with Gasteiger partial charge < -0.3 is 10.1 Å². The second-order valence-electron chi connectivity index (χ2n) is 5.71. The monoisotopic (exact) mass is 439 g/mol. The lowest BCUT2D eigenvalue weighted by Gasteiger charge is -2.07. The Balaban J connectivity index is 1.57. The Bertz CT molecular complexity index is 1100. The third-order valence-corrected chi connectivity index (χ3v) is 6.58. The highest BCUT2D eigenvalue weighted by atomic mass is 35.5. The number of anilines is 1. The quantitative estimate of drug-likeness (QED) is 0.558. The predicted molar refractivity (Wildman–Crippen MR) is 111 cm³/mol. The van der Waals surface area contributed by atoms with Crippen molar-refractivity contribution in [1.29, 1.82) is 0 Å². The van der Waals surface area contributed by atoms with Crippen LogP contribution in [0.2, 0.25) is 5.02 Å². The third kappa shape index (κ3) is 4.99. The van der Waals surface area contributed by atoms with Crippen molar-refractivity contribution in [2.45, 2.75) is 18.2 Å². The fourth-order valence-electron chi connectivity index (χ4n) is 2.44. The lowest BCUT2D eigenvalue weighted by molar-refractivity contribution is -0.116. The molecule has 1 heterocycles. The minimum absolute atomic E-state index is 0.0200. The van der Waals surface area contributed by atoms with Crippen LogP contribution >= 0.6 is 22.9 Å². The normalized spacial score (nSPS) is 11.5. The van der Waals surface area contributed by atoms with Crippen molar-refractivity contribution >= 4 is 54.2 Å². The zero-order valence-electron chi connectivity index (χ0n) is 14.9. The van der Waals surface area contributed by atoms with Crippen LogP contribution in [0.5, 0.6) is 5.75 Å². The summed E-state index contributed by atoms with van der Waals surface area (Å²) in [6.45, 7) is 2.42. The maximum atomic E-state index is 12.2. The molecular weight excluding hydrogens is 422 g/mol. The number of carbonyl (C=O) groups is 1. The number of hydrogen-bond donors (Lipinski definition) is 2. The SMILES string of the molecule is CCOc1ccc2nc(NC(=O)CCNS(=O)(=O)c3ccccc3Cl)sc2c1. The zero-order chi connectivity index (χ0) is 20.1. The molecule has 2 aromatic carbocycles. The average Bonchev–Trinajstić information content (AvgIpc) is 3.03. The van der Waals surface area contributed by atoms with Crippen LogP contribution in [0.1, 0.15) is 13.3 Å². The standard InChI is InChI=1S/C18H18ClN3O4S2/c1-2-26-12-7-8-14-15(11-12)27-18(21-14)22-17(23)9-10-20-28(24,25)16-6-4-3-5-13(16)19/h3-8,11,20H,2,9-10H2,1H3,(H,21,22,23). The highest BCUT2D eigenvalue weighted by molar-refractivity contribution is 7.89. The van der Waals surface area contributed by atoms with Crippen molar-refractivity contribution in [1.82, 2.24) is 9.71 Å². The molecule has 3 aromatic rings. The molecule has 28 heavy (non-hydrogen) atoms. The molecule has 0 saturated heterocycles. The molecule has 1 aromatic heterocycles. The number of halogens is 1. The second kappa shape index (κ2) is 8.87. The van der Waals surface area contributed by atoms with E-state index in [2.05, 4.69) is 15.0 Å². The average molecular weight is 440 g/mol. The Morgan fingerprint density at radius 2 is 2.04 bits per heavy atom. The van der Waals surface area contributed by atoms with E-state index in [1.165, 1.54) is 23.5 Å². The number of nitrogens with zero attached hydrogens (tertiary/aromatic N) is 1. The van der Waals surface area contributed by atoms with Crippen molar-refractivity contribution in [2.24, 2.45) is 0 Å². The van der Waals surface area contributed by atoms with E-state index in [0.717, 1.165) is 16.0 Å². The first-order chi connectivity index (χ1) is 13.4. The largest absolute Gasteiger partial charge is 0.494 e. The Morgan fingerprint density at radius 1 is 1.25 bits per heavy atom. The number of carbonyl (C=O) groups excluding carboxylic acids is 1. The van der Waals surface area contributed by atoms with Crippen molar-refractivity contribution < 1.29 is 17.9 Å². The molecular formula is C18H18ClN3O4S2. The van der Waals surface area contributed by atoms with Gasteiger partial charge in [0, 0.05) is 13.0 Å². The fraction of sp³-hybridized carbons (Fsp3) is 0.222. The van der Waals surface area contributed by atoms with Crippen LogP contribution in [0, 0.1) is 0 Å². The van der Waals surface area contributed by atoms with Gasteiger partial charge in [-0.05, 0) is 37.3 Å². The number of thiazole rings is 1. The number of aromatic nitrogens is 1. The minimum atomic E-state index is -3.78. The van der Waals surface area contributed by atoms with Crippen molar-refractivity contribution in [2.75, 3.05) is 18.5 Å². The molecule has 0 aliphatic rings. The number of ether oxygens (including phenoxy) is 1. The highest BCUT2D eigenvalue weighted by Crippen LogP contribution is 2.29. The van der Waals surface area contributed by atoms with Crippen LogP contribution in [-0.2, 0) is 14.8 Å². The van der Waals surface area contributed by atoms with E-state index >= 15 is 0 Å². The lowest BCUT2D eigenvalue weighted by atomic mass is 10.3. The van der Waals surface area contributed by atoms with Crippen LogP contribution in [-0.4, -0.2) is 32.5 Å². The summed E-state index contributed by atoms with van der Waals surface area (Å²) in [7, 11) is -3.78. The fourth-order valence-corrected chi connectivity index (χ4v) is 4.90. The van der Waals surface area contributed by atoms with Gasteiger partial charge in [-0.3, -0.25) is 4.79 Å². The van der Waals surface area contributed by atoms with E-state index in [0.29, 0.717) is 11.7 Å². The molecule has 1 amide bonds. The maximum Gasteiger partial charge on any atom is 0.242 e. The minimum Gasteiger partial charge on any atom is -0.494 e. The first kappa shape index (κ1) is 20.5. The zero-order valence-corrected chi connectivity index (χ0v) is 17.3. The van der Waals surface area contributed by atoms with E-state index < -0.39 is 10.0 Å². The van der Waals surface area contributed by atoms with Crippen molar-refractivity contribution in [3.8, 4) is 5.75 Å². The van der Waals surface area contributed by atoms with Gasteiger partial charge in [-0.2, -0.15) is 0 Å². The van der Waals surface area contributed by atoms with E-state index in [1.807, 2.05) is 25.1 Å². The number of fused-ring (bicyclic) bond motifs is 1. The van der Waals surface area contributed by atoms with E-state index in [1.54, 1.807) is 12.1 Å². The second-order valence-corrected chi connectivity index (χ2v) is 8.88. The summed E-state index contributed by atoms with van der Waals surface area (Å²) in [5, 5.41) is 3.26. The molecule has 7 nitrogen and oxygen atoms in total. The van der Waals surface area contributed by atoms with Gasteiger partial charge in [0.25, 0.3) is 0 Å². The molecule has 148 valence electrons. The molecule has 0 spiro atoms. The van der Waals surface area contributed by atoms with Gasteiger partial charge in [0.15, 0.2) is 5.13 Å². The van der Waals surface area contributed by atoms with Gasteiger partial charge in [0.05, 0.1) is 21.8 Å². The first-order valence-corrected chi connectivity index (χ1v) is 11.1. The van der Waals surface area contributed by atoms with Gasteiger partial charge in [0.2, 0.25) is 15.9 Å². The smallest absolute Gasteiger partial charge is 0.242 e. The Hall–Kier alpha value is -2.20. The number of amides is 1. The number of hydrogen-bond acceptors (Lipinski definition) is 6. The molecule has 0 atom stereocenters. The van der Waals surface area contributed by atoms with Crippen LogP contribution in [0.3, 0.4) is 0 Å². The summed E-state index contributed by atoms with van der Waals surface area (Å²) in [4.78, 5) is 16.4. The molecule has 0 saturated carbocycles. The molecule has 0 aliphatic carbocycles. The van der Waals surface area contributed by atoms with Crippen LogP contribution in [0.15, 0.2) is 47.4 Å². The Kier molecular flexibility index (Phi) is 6.50. The molecule has 0 aliphatic heterocycles. The number of nitrogens with one attached hydrogen (secondary N) is 2. The summed E-state index contributed by atoms with van der Waals surface area (Å²) in [5.41, 5.74) is 0.753. The summed E-state index contributed by atoms with van der Waals surface area (Å²) in [6, 6.07) is 11.6. The predicted octanol–water partition coefficient (Wildman–Crippen LogP) is 3.66. The molecule has 10 heteroatoms. The lowest BCUT2D eigenvalue weighted by Crippen LogP contribution is -2.28. The Morgan fingerprint density at radius 3 is 2.79 bits per heavy atom. The highest BCUT2D eigenvalue weighted by Gasteiger charge is 2.17. The van der Waals surface area contributed by atoms with Gasteiger partial charge in [-0.1, -0.05) is 35.1 Å². The molecule has 0 fully saturated rings. The van der Waals surface area contributed by atoms with Gasteiger partial charge in [0.1, 0.15) is 10.6 Å². The van der Waals surface area contributed by atoms with Gasteiger partial charge in [-0.15, -0.1) is 0 Å². The van der Waals surface area contributed by atoms with Crippen LogP contribution in [0.25, 0.3) is 10.2 Å². The first-order valence-electron chi connectivity index (χ1n) is 8.46. The summed E-state index contributed by atoms with van der Waals surface area (Å²) in [6.07, 6.45) is -0.0379. The summed E-state index contributed by atoms with van der Waals surface area (Å²) >= 11 is 7.24. The topological polar surface area (TPSA) is 97.4 Å². The van der Waals surface area contributed by atoms with Crippen molar-refractivity contribution in [3.63, 3.8) is 0 Å². The molecule has 2 N–H and O–H groups in total. The van der Waals surface area contributed by atoms with Crippen LogP contribution < -0.4 is 14.8 Å². The summed E-state index contributed by atoms with van der Waals surface area (Å²) < 4.78 is 33.2. The van der Waals surface area contributed by atoms with E-state index in [4.69, 9.17) is 16.3 Å². The van der Waals surface area contributed by atoms with E-state index in [-0.39, 0.29) is 28.8 Å². The molecule has 0 unspecified atom stereocenters. The number of rotatable bonds is 8. The molecule has 3 rings (SSSR count). The van der Waals surface area contributed by atoms with Crippen LogP contribution in [0.4, 0.5) is 5.13 Å². The number of sulfonamides is 1. The van der Waals surface area contributed by atoms with Gasteiger partial charge in [-0.25, -0.2) is 18.1 Å². The number of benzene rings is 2. The summed E-state index contributed by atoms with van der Waals surface area (Å²) in [5.74, 6) is 0.399. The Labute approximate surface area is 171 Å². The third-order valence-electron chi connectivity index (χ3n) is 3.69. The molecule has 0 radical (unpaired) electrons. The van der Waals surface area contributed by atoms with E-state index in [9.17, 15) is 13.2 Å².